The molecule has 0 amide bonds. The van der Waals surface area contributed by atoms with Gasteiger partial charge in [0.1, 0.15) is 0 Å². The van der Waals surface area contributed by atoms with E-state index < -0.39 is 0 Å². The minimum atomic E-state index is 0. The zero-order chi connectivity index (χ0) is 18.2. The molecule has 27 heavy (non-hydrogen) atoms. The van der Waals surface area contributed by atoms with Crippen molar-refractivity contribution in [1.29, 1.82) is 0 Å². The molecule has 2 heterocycles. The van der Waals surface area contributed by atoms with Crippen molar-refractivity contribution in [2.75, 3.05) is 13.1 Å². The highest BCUT2D eigenvalue weighted by molar-refractivity contribution is 14.0. The third-order valence-corrected chi connectivity index (χ3v) is 4.74. The van der Waals surface area contributed by atoms with Gasteiger partial charge in [-0.25, -0.2) is 14.7 Å². The number of aromatic nitrogens is 3. The number of rotatable bonds is 7. The molecule has 0 aliphatic heterocycles. The van der Waals surface area contributed by atoms with Crippen LogP contribution in [0.4, 0.5) is 0 Å². The first-order valence-corrected chi connectivity index (χ1v) is 9.58. The molecule has 0 spiro atoms. The fraction of sp³-hybridized carbons (Fsp3) is 0.316. The molecular weight excluding hydrogens is 471 g/mol. The summed E-state index contributed by atoms with van der Waals surface area (Å²) in [6.07, 6.45) is 6.54. The lowest BCUT2D eigenvalue weighted by Crippen LogP contribution is -2.38. The van der Waals surface area contributed by atoms with Crippen LogP contribution < -0.4 is 10.6 Å². The maximum Gasteiger partial charge on any atom is 0.191 e. The van der Waals surface area contributed by atoms with Crippen molar-refractivity contribution < 1.29 is 0 Å². The van der Waals surface area contributed by atoms with Gasteiger partial charge in [0, 0.05) is 43.0 Å². The van der Waals surface area contributed by atoms with Gasteiger partial charge in [-0.3, -0.25) is 0 Å². The summed E-state index contributed by atoms with van der Waals surface area (Å²) in [6.45, 7) is 6.43. The number of hydrogen-bond donors (Lipinski definition) is 2. The minimum absolute atomic E-state index is 0. The molecular formula is C19H25IN6S. The topological polar surface area (TPSA) is 67.1 Å². The molecule has 1 aromatic carbocycles. The molecule has 0 radical (unpaired) electrons. The van der Waals surface area contributed by atoms with Crippen LogP contribution in [0, 0.1) is 6.92 Å². The highest BCUT2D eigenvalue weighted by Crippen LogP contribution is 2.11. The summed E-state index contributed by atoms with van der Waals surface area (Å²) in [5.74, 6) is 0.830. The lowest BCUT2D eigenvalue weighted by molar-refractivity contribution is 0.796. The first-order valence-electron chi connectivity index (χ1n) is 8.77. The molecule has 2 aromatic heterocycles. The molecule has 0 aliphatic carbocycles. The average Bonchev–Trinajstić information content (AvgIpc) is 3.32. The highest BCUT2D eigenvalue weighted by Gasteiger charge is 2.02. The van der Waals surface area contributed by atoms with Gasteiger partial charge >= 0.3 is 0 Å². The fourth-order valence-electron chi connectivity index (χ4n) is 2.49. The Morgan fingerprint density at radius 3 is 2.67 bits per heavy atom. The Bertz CT molecular complexity index is 826. The van der Waals surface area contributed by atoms with Crippen LogP contribution in [0.25, 0.3) is 5.69 Å². The van der Waals surface area contributed by atoms with Gasteiger partial charge in [-0.2, -0.15) is 5.10 Å². The average molecular weight is 496 g/mol. The maximum absolute atomic E-state index is 4.67. The largest absolute Gasteiger partial charge is 0.357 e. The summed E-state index contributed by atoms with van der Waals surface area (Å²) in [5.41, 5.74) is 2.21. The zero-order valence-corrected chi connectivity index (χ0v) is 18.7. The Labute approximate surface area is 181 Å². The highest BCUT2D eigenvalue weighted by atomic mass is 127. The van der Waals surface area contributed by atoms with Crippen molar-refractivity contribution >= 4 is 41.3 Å². The van der Waals surface area contributed by atoms with Gasteiger partial charge in [0.05, 0.1) is 17.2 Å². The minimum Gasteiger partial charge on any atom is -0.357 e. The third-order valence-electron chi connectivity index (χ3n) is 3.77. The number of nitrogens with one attached hydrogen (secondary N) is 2. The smallest absolute Gasteiger partial charge is 0.191 e. The normalized spacial score (nSPS) is 11.1. The van der Waals surface area contributed by atoms with E-state index in [1.165, 1.54) is 4.88 Å². The van der Waals surface area contributed by atoms with E-state index in [0.717, 1.165) is 41.7 Å². The molecule has 0 saturated heterocycles. The molecule has 8 heteroatoms. The standard InChI is InChI=1S/C19H24N6S.HI/c1-3-20-19(21-11-9-18-22-13-15(2)26-18)23-14-16-5-7-17(8-6-16)25-12-4-10-24-25;/h4-8,10,12-13H,3,9,11,14H2,1-2H3,(H2,20,21,23);1H. The maximum atomic E-state index is 4.67. The van der Waals surface area contributed by atoms with Crippen molar-refractivity contribution in [3.05, 3.63) is 64.4 Å². The van der Waals surface area contributed by atoms with E-state index >= 15 is 0 Å². The van der Waals surface area contributed by atoms with Crippen LogP contribution in [0.1, 0.15) is 22.4 Å². The number of thiazole rings is 1. The summed E-state index contributed by atoms with van der Waals surface area (Å²) in [4.78, 5) is 10.3. The van der Waals surface area contributed by atoms with Crippen molar-refractivity contribution in [3.63, 3.8) is 0 Å². The Balaban J connectivity index is 0.00000261. The second-order valence-corrected chi connectivity index (χ2v) is 7.17. The van der Waals surface area contributed by atoms with Gasteiger partial charge in [0.2, 0.25) is 0 Å². The Morgan fingerprint density at radius 1 is 1.22 bits per heavy atom. The van der Waals surface area contributed by atoms with E-state index in [1.807, 2.05) is 23.1 Å². The molecule has 2 N–H and O–H groups in total. The monoisotopic (exact) mass is 496 g/mol. The summed E-state index contributed by atoms with van der Waals surface area (Å²) in [6, 6.07) is 10.2. The van der Waals surface area contributed by atoms with Crippen LogP contribution in [0.2, 0.25) is 0 Å². The fourth-order valence-corrected chi connectivity index (χ4v) is 3.28. The van der Waals surface area contributed by atoms with Crippen LogP contribution in [-0.2, 0) is 13.0 Å². The summed E-state index contributed by atoms with van der Waals surface area (Å²) in [7, 11) is 0. The number of hydrogen-bond acceptors (Lipinski definition) is 4. The number of nitrogens with zero attached hydrogens (tertiary/aromatic N) is 4. The number of aryl methyl sites for hydroxylation is 1. The van der Waals surface area contributed by atoms with Crippen LogP contribution in [0.5, 0.6) is 0 Å². The van der Waals surface area contributed by atoms with E-state index in [2.05, 4.69) is 63.8 Å². The molecule has 0 atom stereocenters. The van der Waals surface area contributed by atoms with E-state index in [1.54, 1.807) is 17.5 Å². The van der Waals surface area contributed by atoms with Gasteiger partial charge in [-0.1, -0.05) is 12.1 Å². The SMILES string of the molecule is CCNC(=NCc1ccc(-n2cccn2)cc1)NCCc1ncc(C)s1.I. The van der Waals surface area contributed by atoms with Gasteiger partial charge in [-0.05, 0) is 37.6 Å². The van der Waals surface area contributed by atoms with Crippen LogP contribution >= 0.6 is 35.3 Å². The number of benzene rings is 1. The van der Waals surface area contributed by atoms with Crippen LogP contribution in [-0.4, -0.2) is 33.8 Å². The zero-order valence-electron chi connectivity index (χ0n) is 15.6. The van der Waals surface area contributed by atoms with Crippen molar-refractivity contribution in [1.82, 2.24) is 25.4 Å². The molecule has 3 rings (SSSR count). The summed E-state index contributed by atoms with van der Waals surface area (Å²) >= 11 is 1.74. The lowest BCUT2D eigenvalue weighted by Gasteiger charge is -2.10. The molecule has 0 aliphatic rings. The van der Waals surface area contributed by atoms with Crippen molar-refractivity contribution in [3.8, 4) is 5.69 Å². The Morgan fingerprint density at radius 2 is 2.04 bits per heavy atom. The predicted octanol–water partition coefficient (Wildman–Crippen LogP) is 3.55. The van der Waals surface area contributed by atoms with E-state index in [9.17, 15) is 0 Å². The third kappa shape index (κ3) is 6.62. The second-order valence-electron chi connectivity index (χ2n) is 5.85. The summed E-state index contributed by atoms with van der Waals surface area (Å²) in [5, 5.41) is 12.1. The molecule has 6 nitrogen and oxygen atoms in total. The van der Waals surface area contributed by atoms with Crippen molar-refractivity contribution in [2.24, 2.45) is 4.99 Å². The molecule has 144 valence electrons. The van der Waals surface area contributed by atoms with E-state index in [0.29, 0.717) is 6.54 Å². The quantitative estimate of drug-likeness (QED) is 0.298. The summed E-state index contributed by atoms with van der Waals surface area (Å²) < 4.78 is 1.85. The Kier molecular flexibility index (Phi) is 8.73. The van der Waals surface area contributed by atoms with Gasteiger partial charge in [0.25, 0.3) is 0 Å². The van der Waals surface area contributed by atoms with Crippen molar-refractivity contribution in [2.45, 2.75) is 26.8 Å². The molecule has 0 unspecified atom stereocenters. The first kappa shape index (κ1) is 21.4. The molecule has 3 aromatic rings. The predicted molar refractivity (Wildman–Crippen MR) is 122 cm³/mol. The van der Waals surface area contributed by atoms with Gasteiger partial charge in [-0.15, -0.1) is 35.3 Å². The Hall–Kier alpha value is -1.94. The number of aliphatic imine (C=N–C) groups is 1. The van der Waals surface area contributed by atoms with Gasteiger partial charge < -0.3 is 10.6 Å². The molecule has 0 bridgehead atoms. The lowest BCUT2D eigenvalue weighted by atomic mass is 10.2. The molecule has 0 saturated carbocycles. The van der Waals surface area contributed by atoms with E-state index in [4.69, 9.17) is 0 Å². The molecule has 0 fully saturated rings. The van der Waals surface area contributed by atoms with Crippen LogP contribution in [0.15, 0.2) is 53.9 Å². The number of halogens is 1. The van der Waals surface area contributed by atoms with Crippen LogP contribution in [0.3, 0.4) is 0 Å². The first-order chi connectivity index (χ1) is 12.7. The van der Waals surface area contributed by atoms with Gasteiger partial charge in [0.15, 0.2) is 5.96 Å². The number of guanidine groups is 1. The second kappa shape index (κ2) is 11.0. The van der Waals surface area contributed by atoms with E-state index in [-0.39, 0.29) is 24.0 Å².